The Morgan fingerprint density at radius 1 is 1.06 bits per heavy atom. The minimum atomic E-state index is -0.324. The molecule has 4 aromatic rings. The summed E-state index contributed by atoms with van der Waals surface area (Å²) in [5.74, 6) is 0.579. The zero-order chi connectivity index (χ0) is 24.9. The second-order valence-corrected chi connectivity index (χ2v) is 10.1. The van der Waals surface area contributed by atoms with Crippen LogP contribution in [0.2, 0.25) is 5.02 Å². The fourth-order valence-corrected chi connectivity index (χ4v) is 5.20. The predicted octanol–water partition coefficient (Wildman–Crippen LogP) is 5.85. The van der Waals surface area contributed by atoms with Gasteiger partial charge < -0.3 is 14.3 Å². The average molecular weight is 521 g/mol. The number of hydrogen-bond donors (Lipinski definition) is 0. The lowest BCUT2D eigenvalue weighted by molar-refractivity contribution is -0.136. The van der Waals surface area contributed by atoms with Crippen LogP contribution in [0, 0.1) is 0 Å². The number of benzene rings is 2. The van der Waals surface area contributed by atoms with Gasteiger partial charge in [0.2, 0.25) is 17.6 Å². The molecule has 2 amide bonds. The molecule has 7 nitrogen and oxygen atoms in total. The van der Waals surface area contributed by atoms with Crippen LogP contribution in [0.15, 0.2) is 76.6 Å². The minimum absolute atomic E-state index is 0.0275. The fourth-order valence-electron chi connectivity index (χ4n) is 4.39. The molecule has 0 bridgehead atoms. The molecule has 3 heterocycles. The van der Waals surface area contributed by atoms with E-state index in [1.54, 1.807) is 28.0 Å². The summed E-state index contributed by atoms with van der Waals surface area (Å²) in [7, 11) is 0. The maximum Gasteiger partial charge on any atom is 0.264 e. The molecule has 0 saturated carbocycles. The van der Waals surface area contributed by atoms with Gasteiger partial charge in [-0.15, -0.1) is 11.3 Å². The van der Waals surface area contributed by atoms with Crippen molar-refractivity contribution in [3.63, 3.8) is 0 Å². The lowest BCUT2D eigenvalue weighted by atomic mass is 10.0. The van der Waals surface area contributed by atoms with Gasteiger partial charge in [-0.3, -0.25) is 9.59 Å². The molecule has 0 N–H and O–H groups in total. The van der Waals surface area contributed by atoms with Crippen LogP contribution in [0.3, 0.4) is 0 Å². The maximum absolute atomic E-state index is 13.6. The number of amides is 2. The Bertz CT molecular complexity index is 1310. The van der Waals surface area contributed by atoms with Crippen LogP contribution in [0.4, 0.5) is 0 Å². The van der Waals surface area contributed by atoms with E-state index in [0.717, 1.165) is 30.4 Å². The SMILES string of the molecule is O=C(c1cccs1)N(CC(=O)N1CCCC[C@@H]1c1nc(-c2ccc(Cl)cc2)no1)Cc1ccccc1. The zero-order valence-corrected chi connectivity index (χ0v) is 21.1. The average Bonchev–Trinajstić information content (AvgIpc) is 3.62. The zero-order valence-electron chi connectivity index (χ0n) is 19.5. The molecular weight excluding hydrogens is 496 g/mol. The molecule has 0 spiro atoms. The second kappa shape index (κ2) is 11.1. The molecule has 1 aliphatic rings. The van der Waals surface area contributed by atoms with Crippen molar-refractivity contribution in [1.29, 1.82) is 0 Å². The van der Waals surface area contributed by atoms with Gasteiger partial charge in [-0.05, 0) is 60.5 Å². The van der Waals surface area contributed by atoms with Crippen molar-refractivity contribution in [2.75, 3.05) is 13.1 Å². The first-order valence-electron chi connectivity index (χ1n) is 11.8. The maximum atomic E-state index is 13.6. The summed E-state index contributed by atoms with van der Waals surface area (Å²) < 4.78 is 5.61. The lowest BCUT2D eigenvalue weighted by Gasteiger charge is -2.35. The Morgan fingerprint density at radius 2 is 1.86 bits per heavy atom. The van der Waals surface area contributed by atoms with Crippen LogP contribution >= 0.6 is 22.9 Å². The van der Waals surface area contributed by atoms with E-state index in [0.29, 0.717) is 34.7 Å². The van der Waals surface area contributed by atoms with Crippen molar-refractivity contribution < 1.29 is 14.1 Å². The van der Waals surface area contributed by atoms with E-state index in [1.807, 2.05) is 53.9 Å². The summed E-state index contributed by atoms with van der Waals surface area (Å²) >= 11 is 7.37. The van der Waals surface area contributed by atoms with Crippen LogP contribution in [0.25, 0.3) is 11.4 Å². The Morgan fingerprint density at radius 3 is 2.61 bits per heavy atom. The molecule has 0 aliphatic carbocycles. The summed E-state index contributed by atoms with van der Waals surface area (Å²) in [6, 6.07) is 20.2. The molecule has 0 unspecified atom stereocenters. The van der Waals surface area contributed by atoms with E-state index in [1.165, 1.54) is 11.3 Å². The first kappa shape index (κ1) is 24.2. The van der Waals surface area contributed by atoms with E-state index in [2.05, 4.69) is 10.1 Å². The molecule has 0 radical (unpaired) electrons. The first-order valence-corrected chi connectivity index (χ1v) is 13.1. The van der Waals surface area contributed by atoms with Gasteiger partial charge in [-0.1, -0.05) is 53.2 Å². The van der Waals surface area contributed by atoms with Gasteiger partial charge in [-0.25, -0.2) is 0 Å². The van der Waals surface area contributed by atoms with Crippen LogP contribution in [-0.2, 0) is 11.3 Å². The fraction of sp³-hybridized carbons (Fsp3) is 0.259. The molecule has 9 heteroatoms. The normalized spacial score (nSPS) is 15.6. The lowest BCUT2D eigenvalue weighted by Crippen LogP contribution is -2.45. The third-order valence-corrected chi connectivity index (χ3v) is 7.32. The summed E-state index contributed by atoms with van der Waals surface area (Å²) in [5.41, 5.74) is 1.76. The third-order valence-electron chi connectivity index (χ3n) is 6.21. The van der Waals surface area contributed by atoms with Crippen LogP contribution in [0.5, 0.6) is 0 Å². The van der Waals surface area contributed by atoms with Crippen molar-refractivity contribution in [3.8, 4) is 11.4 Å². The number of hydrogen-bond acceptors (Lipinski definition) is 6. The van der Waals surface area contributed by atoms with Crippen molar-refractivity contribution in [2.45, 2.75) is 31.8 Å². The monoisotopic (exact) mass is 520 g/mol. The van der Waals surface area contributed by atoms with Crippen molar-refractivity contribution in [2.24, 2.45) is 0 Å². The summed E-state index contributed by atoms with van der Waals surface area (Å²) in [5, 5.41) is 6.63. The molecule has 184 valence electrons. The number of thiophene rings is 1. The second-order valence-electron chi connectivity index (χ2n) is 8.69. The quantitative estimate of drug-likeness (QED) is 0.305. The topological polar surface area (TPSA) is 79.5 Å². The summed E-state index contributed by atoms with van der Waals surface area (Å²) in [6.45, 7) is 0.901. The standard InChI is InChI=1S/C27H25ClN4O3S/c28-21-13-11-20(12-14-21)25-29-26(35-30-25)22-9-4-5-15-32(22)24(33)18-31(17-19-7-2-1-3-8-19)27(34)23-10-6-16-36-23/h1-3,6-8,10-14,16,22H,4-5,9,15,17-18H2/t22-/m1/s1. The highest BCUT2D eigenvalue weighted by Crippen LogP contribution is 2.32. The van der Waals surface area contributed by atoms with Gasteiger partial charge in [0.15, 0.2) is 0 Å². The van der Waals surface area contributed by atoms with E-state index < -0.39 is 0 Å². The minimum Gasteiger partial charge on any atom is -0.337 e. The Kier molecular flexibility index (Phi) is 7.44. The highest BCUT2D eigenvalue weighted by Gasteiger charge is 2.34. The number of nitrogens with zero attached hydrogens (tertiary/aromatic N) is 4. The molecule has 2 aromatic carbocycles. The Balaban J connectivity index is 1.36. The summed E-state index contributed by atoms with van der Waals surface area (Å²) in [6.07, 6.45) is 2.57. The number of rotatable bonds is 7. The van der Waals surface area contributed by atoms with Crippen molar-refractivity contribution in [3.05, 3.63) is 93.5 Å². The number of carbonyl (C=O) groups is 2. The van der Waals surface area contributed by atoms with Crippen LogP contribution in [-0.4, -0.2) is 44.8 Å². The molecule has 5 rings (SSSR count). The van der Waals surface area contributed by atoms with Gasteiger partial charge in [0, 0.05) is 23.7 Å². The molecule has 1 saturated heterocycles. The van der Waals surface area contributed by atoms with Crippen molar-refractivity contribution >= 4 is 34.8 Å². The van der Waals surface area contributed by atoms with Gasteiger partial charge in [0.25, 0.3) is 5.91 Å². The Labute approximate surface area is 218 Å². The molecule has 1 aliphatic heterocycles. The molecule has 1 fully saturated rings. The number of likely N-dealkylation sites (tertiary alicyclic amines) is 1. The number of piperidine rings is 1. The molecule has 36 heavy (non-hydrogen) atoms. The molecular formula is C27H25ClN4O3S. The predicted molar refractivity (Wildman–Crippen MR) is 139 cm³/mol. The number of aromatic nitrogens is 2. The Hall–Kier alpha value is -3.49. The van der Waals surface area contributed by atoms with E-state index >= 15 is 0 Å². The van der Waals surface area contributed by atoms with E-state index in [4.69, 9.17) is 16.1 Å². The summed E-state index contributed by atoms with van der Waals surface area (Å²) in [4.78, 5) is 35.5. The van der Waals surface area contributed by atoms with Gasteiger partial charge in [-0.2, -0.15) is 4.98 Å². The highest BCUT2D eigenvalue weighted by molar-refractivity contribution is 7.12. The van der Waals surface area contributed by atoms with Crippen LogP contribution in [0.1, 0.15) is 46.4 Å². The highest BCUT2D eigenvalue weighted by atomic mass is 35.5. The molecule has 2 aromatic heterocycles. The van der Waals surface area contributed by atoms with Gasteiger partial charge in [0.1, 0.15) is 12.6 Å². The van der Waals surface area contributed by atoms with Gasteiger partial charge >= 0.3 is 0 Å². The van der Waals surface area contributed by atoms with Gasteiger partial charge in [0.05, 0.1) is 4.88 Å². The number of halogens is 1. The number of carbonyl (C=O) groups excluding carboxylic acids is 2. The van der Waals surface area contributed by atoms with E-state index in [9.17, 15) is 9.59 Å². The third kappa shape index (κ3) is 5.50. The smallest absolute Gasteiger partial charge is 0.264 e. The van der Waals surface area contributed by atoms with Crippen molar-refractivity contribution in [1.82, 2.24) is 19.9 Å². The molecule has 1 atom stereocenters. The van der Waals surface area contributed by atoms with Crippen LogP contribution < -0.4 is 0 Å². The largest absolute Gasteiger partial charge is 0.337 e. The first-order chi connectivity index (χ1) is 17.6. The van der Waals surface area contributed by atoms with E-state index in [-0.39, 0.29) is 24.4 Å².